The molecule has 0 aliphatic carbocycles. The van der Waals surface area contributed by atoms with E-state index >= 15 is 0 Å². The number of rotatable bonds is 2. The van der Waals surface area contributed by atoms with Crippen molar-refractivity contribution in [2.24, 2.45) is 0 Å². The van der Waals surface area contributed by atoms with E-state index in [0.717, 1.165) is 32.8 Å². The molecule has 0 spiro atoms. The van der Waals surface area contributed by atoms with Crippen LogP contribution >= 0.6 is 12.4 Å². The van der Waals surface area contributed by atoms with Gasteiger partial charge in [-0.3, -0.25) is 4.90 Å². The van der Waals surface area contributed by atoms with Gasteiger partial charge in [-0.2, -0.15) is 0 Å². The Labute approximate surface area is 127 Å². The van der Waals surface area contributed by atoms with E-state index in [0.29, 0.717) is 26.4 Å². The molecule has 114 valence electrons. The van der Waals surface area contributed by atoms with Crippen LogP contribution in [0.1, 0.15) is 5.56 Å². The molecule has 5 heteroatoms. The van der Waals surface area contributed by atoms with E-state index < -0.39 is 0 Å². The molecule has 4 nitrogen and oxygen atoms in total. The van der Waals surface area contributed by atoms with Crippen LogP contribution in [0.3, 0.4) is 0 Å². The van der Waals surface area contributed by atoms with Crippen molar-refractivity contribution in [3.05, 3.63) is 35.9 Å². The van der Waals surface area contributed by atoms with Crippen molar-refractivity contribution in [3.63, 3.8) is 0 Å². The second-order valence-corrected chi connectivity index (χ2v) is 4.60. The second kappa shape index (κ2) is 11.1. The molecular formula is C15H24ClNO3. The first-order valence-corrected chi connectivity index (χ1v) is 6.94. The quantitative estimate of drug-likeness (QED) is 0.836. The SMILES string of the molecule is Cl.c1ccc(CN2CCOCCOCCOCC2)cc1. The standard InChI is InChI=1S/C15H23NO3.ClH/c1-2-4-15(5-3-1)14-16-6-8-17-10-12-19-13-11-18-9-7-16;/h1-5H,6-14H2;1H. The average Bonchev–Trinajstić information content (AvgIpc) is 2.43. The van der Waals surface area contributed by atoms with Crippen molar-refractivity contribution in [3.8, 4) is 0 Å². The van der Waals surface area contributed by atoms with Crippen molar-refractivity contribution < 1.29 is 14.2 Å². The van der Waals surface area contributed by atoms with Crippen LogP contribution in [-0.2, 0) is 20.8 Å². The molecule has 0 amide bonds. The van der Waals surface area contributed by atoms with Gasteiger partial charge in [-0.25, -0.2) is 0 Å². The zero-order valence-corrected chi connectivity index (χ0v) is 12.6. The van der Waals surface area contributed by atoms with Gasteiger partial charge in [0.2, 0.25) is 0 Å². The number of hydrogen-bond acceptors (Lipinski definition) is 4. The zero-order valence-electron chi connectivity index (χ0n) is 11.8. The summed E-state index contributed by atoms with van der Waals surface area (Å²) in [6.45, 7) is 6.94. The lowest BCUT2D eigenvalue weighted by molar-refractivity contribution is -0.00689. The third-order valence-electron chi connectivity index (χ3n) is 3.10. The third-order valence-corrected chi connectivity index (χ3v) is 3.10. The molecule has 0 atom stereocenters. The fourth-order valence-electron chi connectivity index (χ4n) is 2.04. The lowest BCUT2D eigenvalue weighted by atomic mass is 10.2. The maximum Gasteiger partial charge on any atom is 0.0701 e. The summed E-state index contributed by atoms with van der Waals surface area (Å²) in [6, 6.07) is 10.5. The molecule has 1 aliphatic rings. The van der Waals surface area contributed by atoms with E-state index in [1.165, 1.54) is 5.56 Å². The van der Waals surface area contributed by atoms with Gasteiger partial charge >= 0.3 is 0 Å². The molecule has 0 saturated carbocycles. The van der Waals surface area contributed by atoms with Gasteiger partial charge < -0.3 is 14.2 Å². The van der Waals surface area contributed by atoms with E-state index in [1.54, 1.807) is 0 Å². The molecule has 1 fully saturated rings. The lowest BCUT2D eigenvalue weighted by Crippen LogP contribution is -2.31. The van der Waals surface area contributed by atoms with Gasteiger partial charge in [-0.05, 0) is 5.56 Å². The lowest BCUT2D eigenvalue weighted by Gasteiger charge is -2.23. The Morgan fingerprint density at radius 2 is 1.25 bits per heavy atom. The molecule has 1 saturated heterocycles. The summed E-state index contributed by atoms with van der Waals surface area (Å²) >= 11 is 0. The number of ether oxygens (including phenoxy) is 3. The summed E-state index contributed by atoms with van der Waals surface area (Å²) in [4.78, 5) is 2.37. The Kier molecular flexibility index (Phi) is 9.62. The van der Waals surface area contributed by atoms with Crippen LogP contribution in [0.5, 0.6) is 0 Å². The van der Waals surface area contributed by atoms with E-state index in [1.807, 2.05) is 6.07 Å². The average molecular weight is 302 g/mol. The maximum atomic E-state index is 5.57. The molecule has 0 unspecified atom stereocenters. The van der Waals surface area contributed by atoms with Gasteiger partial charge in [0, 0.05) is 19.6 Å². The molecule has 1 aliphatic heterocycles. The van der Waals surface area contributed by atoms with Crippen LogP contribution in [0.2, 0.25) is 0 Å². The molecular weight excluding hydrogens is 278 g/mol. The predicted octanol–water partition coefficient (Wildman–Crippen LogP) is 1.97. The van der Waals surface area contributed by atoms with Crippen molar-refractivity contribution in [2.45, 2.75) is 6.54 Å². The van der Waals surface area contributed by atoms with Gasteiger partial charge in [0.15, 0.2) is 0 Å². The van der Waals surface area contributed by atoms with Crippen molar-refractivity contribution in [1.29, 1.82) is 0 Å². The van der Waals surface area contributed by atoms with Crippen LogP contribution in [0.4, 0.5) is 0 Å². The Balaban J connectivity index is 0.00000200. The molecule has 1 aromatic carbocycles. The van der Waals surface area contributed by atoms with Gasteiger partial charge in [0.1, 0.15) is 0 Å². The van der Waals surface area contributed by atoms with Gasteiger partial charge in [0.05, 0.1) is 39.6 Å². The van der Waals surface area contributed by atoms with Crippen LogP contribution in [0.15, 0.2) is 30.3 Å². The predicted molar refractivity (Wildman–Crippen MR) is 81.4 cm³/mol. The highest BCUT2D eigenvalue weighted by Crippen LogP contribution is 2.04. The number of hydrogen-bond donors (Lipinski definition) is 0. The zero-order chi connectivity index (χ0) is 13.2. The minimum atomic E-state index is 0. The summed E-state index contributed by atoms with van der Waals surface area (Å²) in [7, 11) is 0. The topological polar surface area (TPSA) is 30.9 Å². The highest BCUT2D eigenvalue weighted by Gasteiger charge is 2.07. The van der Waals surface area contributed by atoms with E-state index in [-0.39, 0.29) is 12.4 Å². The van der Waals surface area contributed by atoms with E-state index in [9.17, 15) is 0 Å². The van der Waals surface area contributed by atoms with Crippen LogP contribution < -0.4 is 0 Å². The summed E-state index contributed by atoms with van der Waals surface area (Å²) in [5.41, 5.74) is 1.33. The Hall–Kier alpha value is -0.650. The first kappa shape index (κ1) is 17.4. The smallest absolute Gasteiger partial charge is 0.0701 e. The minimum Gasteiger partial charge on any atom is -0.378 e. The van der Waals surface area contributed by atoms with Gasteiger partial charge in [0.25, 0.3) is 0 Å². The van der Waals surface area contributed by atoms with Crippen LogP contribution in [0.25, 0.3) is 0 Å². The monoisotopic (exact) mass is 301 g/mol. The van der Waals surface area contributed by atoms with Gasteiger partial charge in [-0.1, -0.05) is 30.3 Å². The molecule has 0 aromatic heterocycles. The summed E-state index contributed by atoms with van der Waals surface area (Å²) < 4.78 is 16.5. The molecule has 0 bridgehead atoms. The first-order chi connectivity index (χ1) is 9.45. The second-order valence-electron chi connectivity index (χ2n) is 4.60. The Morgan fingerprint density at radius 3 is 1.80 bits per heavy atom. The Morgan fingerprint density at radius 1 is 0.750 bits per heavy atom. The largest absolute Gasteiger partial charge is 0.378 e. The van der Waals surface area contributed by atoms with Crippen LogP contribution in [-0.4, -0.2) is 57.6 Å². The molecule has 0 N–H and O–H groups in total. The number of benzene rings is 1. The summed E-state index contributed by atoms with van der Waals surface area (Å²) in [6.07, 6.45) is 0. The minimum absolute atomic E-state index is 0. The fraction of sp³-hybridized carbons (Fsp3) is 0.600. The van der Waals surface area contributed by atoms with Crippen molar-refractivity contribution >= 4 is 12.4 Å². The van der Waals surface area contributed by atoms with Crippen molar-refractivity contribution in [2.75, 3.05) is 52.7 Å². The molecule has 2 rings (SSSR count). The molecule has 1 aromatic rings. The Bertz CT molecular complexity index is 325. The summed E-state index contributed by atoms with van der Waals surface area (Å²) in [5.74, 6) is 0. The highest BCUT2D eigenvalue weighted by atomic mass is 35.5. The van der Waals surface area contributed by atoms with E-state index in [2.05, 4.69) is 29.2 Å². The summed E-state index contributed by atoms with van der Waals surface area (Å²) in [5, 5.41) is 0. The van der Waals surface area contributed by atoms with Gasteiger partial charge in [-0.15, -0.1) is 12.4 Å². The highest BCUT2D eigenvalue weighted by molar-refractivity contribution is 5.85. The van der Waals surface area contributed by atoms with E-state index in [4.69, 9.17) is 14.2 Å². The fourth-order valence-corrected chi connectivity index (χ4v) is 2.04. The van der Waals surface area contributed by atoms with Crippen LogP contribution in [0, 0.1) is 0 Å². The maximum absolute atomic E-state index is 5.57. The first-order valence-electron chi connectivity index (χ1n) is 6.94. The molecule has 20 heavy (non-hydrogen) atoms. The molecule has 1 heterocycles. The van der Waals surface area contributed by atoms with Crippen molar-refractivity contribution in [1.82, 2.24) is 4.90 Å². The normalized spacial score (nSPS) is 19.4. The number of halogens is 1. The number of nitrogens with zero attached hydrogens (tertiary/aromatic N) is 1. The molecule has 0 radical (unpaired) electrons. The third kappa shape index (κ3) is 7.22.